The third kappa shape index (κ3) is 4.65. The zero-order valence-electron chi connectivity index (χ0n) is 13.3. The van der Waals surface area contributed by atoms with E-state index in [-0.39, 0.29) is 18.2 Å². The number of likely N-dealkylation sites (tertiary alicyclic amines) is 1. The van der Waals surface area contributed by atoms with Crippen LogP contribution in [0.1, 0.15) is 36.5 Å². The highest BCUT2D eigenvalue weighted by Gasteiger charge is 2.38. The van der Waals surface area contributed by atoms with Gasteiger partial charge in [-0.2, -0.15) is 26.3 Å². The summed E-state index contributed by atoms with van der Waals surface area (Å²) in [6.07, 6.45) is -8.84. The van der Waals surface area contributed by atoms with E-state index in [1.54, 1.807) is 11.8 Å². The lowest BCUT2D eigenvalue weighted by atomic mass is 9.90. The smallest absolute Gasteiger partial charge is 0.416 e. The molecule has 0 saturated carbocycles. The fourth-order valence-electron chi connectivity index (χ4n) is 3.11. The summed E-state index contributed by atoms with van der Waals surface area (Å²) < 4.78 is 77.4. The molecule has 140 valence electrons. The van der Waals surface area contributed by atoms with Crippen molar-refractivity contribution >= 4 is 5.97 Å². The molecule has 0 unspecified atom stereocenters. The number of nitrogens with zero attached hydrogens (tertiary/aromatic N) is 1. The number of halogens is 6. The molecule has 0 aromatic heterocycles. The van der Waals surface area contributed by atoms with Crippen molar-refractivity contribution in [3.63, 3.8) is 0 Å². The monoisotopic (exact) mass is 369 g/mol. The number of carbonyl (C=O) groups is 1. The summed E-state index contributed by atoms with van der Waals surface area (Å²) in [6, 6.07) is 0.983. The first-order chi connectivity index (χ1) is 11.4. The molecule has 1 heterocycles. The summed E-state index contributed by atoms with van der Waals surface area (Å²) in [5, 5.41) is 9.17. The van der Waals surface area contributed by atoms with E-state index >= 15 is 0 Å². The van der Waals surface area contributed by atoms with Gasteiger partial charge in [-0.1, -0.05) is 0 Å². The molecule has 1 aliphatic heterocycles. The lowest BCUT2D eigenvalue weighted by Crippen LogP contribution is -2.45. The summed E-state index contributed by atoms with van der Waals surface area (Å²) in [7, 11) is 0. The molecule has 1 fully saturated rings. The van der Waals surface area contributed by atoms with Crippen LogP contribution in [0.15, 0.2) is 18.2 Å². The number of piperidine rings is 1. The largest absolute Gasteiger partial charge is 0.481 e. The maximum Gasteiger partial charge on any atom is 0.416 e. The van der Waals surface area contributed by atoms with Gasteiger partial charge in [0.15, 0.2) is 0 Å². The molecule has 3 nitrogen and oxygen atoms in total. The van der Waals surface area contributed by atoms with Crippen molar-refractivity contribution in [3.05, 3.63) is 34.9 Å². The summed E-state index contributed by atoms with van der Waals surface area (Å²) in [4.78, 5) is 12.8. The molecule has 1 saturated heterocycles. The second-order valence-corrected chi connectivity index (χ2v) is 6.21. The van der Waals surface area contributed by atoms with Crippen molar-refractivity contribution in [1.82, 2.24) is 4.90 Å². The molecule has 2 rings (SSSR count). The van der Waals surface area contributed by atoms with Gasteiger partial charge in [0.2, 0.25) is 0 Å². The predicted molar refractivity (Wildman–Crippen MR) is 76.7 cm³/mol. The molecular formula is C16H17F6NO2. The summed E-state index contributed by atoms with van der Waals surface area (Å²) >= 11 is 0. The van der Waals surface area contributed by atoms with Crippen molar-refractivity contribution in [2.45, 2.75) is 44.7 Å². The number of benzene rings is 1. The number of hydrogen-bond donors (Lipinski definition) is 1. The molecule has 1 aliphatic rings. The van der Waals surface area contributed by atoms with E-state index in [1.165, 1.54) is 0 Å². The highest BCUT2D eigenvalue weighted by atomic mass is 19.4. The fourth-order valence-corrected chi connectivity index (χ4v) is 3.11. The van der Waals surface area contributed by atoms with Gasteiger partial charge in [0.25, 0.3) is 0 Å². The Bertz CT molecular complexity index is 608. The van der Waals surface area contributed by atoms with Crippen LogP contribution in [0, 0.1) is 5.92 Å². The van der Waals surface area contributed by atoms with Gasteiger partial charge in [-0.25, -0.2) is 0 Å². The second kappa shape index (κ2) is 6.86. The van der Waals surface area contributed by atoms with Crippen molar-refractivity contribution in [3.8, 4) is 0 Å². The van der Waals surface area contributed by atoms with E-state index in [9.17, 15) is 31.1 Å². The summed E-state index contributed by atoms with van der Waals surface area (Å²) in [5.41, 5.74) is -2.87. The average molecular weight is 369 g/mol. The maximum atomic E-state index is 12.9. The lowest BCUT2D eigenvalue weighted by molar-refractivity contribution is -0.146. The number of alkyl halides is 6. The Morgan fingerprint density at radius 3 is 2.08 bits per heavy atom. The third-order valence-corrected chi connectivity index (χ3v) is 4.47. The molecule has 2 atom stereocenters. The first-order valence-corrected chi connectivity index (χ1v) is 7.65. The quantitative estimate of drug-likeness (QED) is 0.803. The minimum Gasteiger partial charge on any atom is -0.481 e. The molecule has 0 radical (unpaired) electrons. The molecule has 1 N–H and O–H groups in total. The number of aliphatic carboxylic acids is 1. The van der Waals surface area contributed by atoms with Crippen LogP contribution >= 0.6 is 0 Å². The molecule has 25 heavy (non-hydrogen) atoms. The molecule has 9 heteroatoms. The Balaban J connectivity index is 2.33. The van der Waals surface area contributed by atoms with Gasteiger partial charge < -0.3 is 5.11 Å². The minimum absolute atomic E-state index is 0.0865. The van der Waals surface area contributed by atoms with Gasteiger partial charge in [-0.3, -0.25) is 9.69 Å². The molecular weight excluding hydrogens is 352 g/mol. The van der Waals surface area contributed by atoms with Crippen LogP contribution in [0.4, 0.5) is 26.3 Å². The number of hydrogen-bond acceptors (Lipinski definition) is 2. The Hall–Kier alpha value is -1.77. The van der Waals surface area contributed by atoms with Gasteiger partial charge in [-0.15, -0.1) is 0 Å². The van der Waals surface area contributed by atoms with E-state index in [4.69, 9.17) is 5.11 Å². The SMILES string of the molecule is C[C@@H]1[C@H](C(=O)O)CCCN1Cc1cc(C(F)(F)F)cc(C(F)(F)F)c1. The van der Waals surface area contributed by atoms with Crippen molar-refractivity contribution in [2.75, 3.05) is 6.54 Å². The molecule has 0 amide bonds. The van der Waals surface area contributed by atoms with Gasteiger partial charge in [0.1, 0.15) is 0 Å². The van der Waals surface area contributed by atoms with Crippen LogP contribution in [0.3, 0.4) is 0 Å². The number of carboxylic acids is 1. The van der Waals surface area contributed by atoms with Crippen molar-refractivity contribution in [1.29, 1.82) is 0 Å². The van der Waals surface area contributed by atoms with Crippen LogP contribution in [-0.4, -0.2) is 28.6 Å². The zero-order valence-corrected chi connectivity index (χ0v) is 13.3. The van der Waals surface area contributed by atoms with Crippen LogP contribution < -0.4 is 0 Å². The number of rotatable bonds is 3. The Morgan fingerprint density at radius 1 is 1.12 bits per heavy atom. The van der Waals surface area contributed by atoms with E-state index in [2.05, 4.69) is 0 Å². The Kier molecular flexibility index (Phi) is 5.36. The average Bonchev–Trinajstić information content (AvgIpc) is 2.47. The number of carboxylic acid groups (broad SMARTS) is 1. The summed E-state index contributed by atoms with van der Waals surface area (Å²) in [5.74, 6) is -1.71. The highest BCUT2D eigenvalue weighted by molar-refractivity contribution is 5.71. The van der Waals surface area contributed by atoms with Crippen LogP contribution in [-0.2, 0) is 23.7 Å². The first kappa shape index (κ1) is 19.6. The van der Waals surface area contributed by atoms with Gasteiger partial charge in [0, 0.05) is 12.6 Å². The predicted octanol–water partition coefficient (Wildman–Crippen LogP) is 4.41. The standard InChI is InChI=1S/C16H17F6NO2/c1-9-13(14(24)25)3-2-4-23(9)8-10-5-11(15(17,18)19)7-12(6-10)16(20,21)22/h5-7,9,13H,2-4,8H2,1H3,(H,24,25)/t9-,13-/m1/s1. The summed E-state index contributed by atoms with van der Waals surface area (Å²) in [6.45, 7) is 1.87. The van der Waals surface area contributed by atoms with Crippen molar-refractivity contribution < 1.29 is 36.2 Å². The lowest BCUT2D eigenvalue weighted by Gasteiger charge is -2.37. The second-order valence-electron chi connectivity index (χ2n) is 6.21. The highest BCUT2D eigenvalue weighted by Crippen LogP contribution is 2.37. The van der Waals surface area contributed by atoms with Crippen LogP contribution in [0.5, 0.6) is 0 Å². The molecule has 1 aromatic carbocycles. The normalized spacial score (nSPS) is 22.8. The van der Waals surface area contributed by atoms with Crippen LogP contribution in [0.25, 0.3) is 0 Å². The Labute approximate surface area is 140 Å². The van der Waals surface area contributed by atoms with Crippen LogP contribution in [0.2, 0.25) is 0 Å². The van der Waals surface area contributed by atoms with E-state index in [0.29, 0.717) is 31.5 Å². The maximum absolute atomic E-state index is 12.9. The van der Waals surface area contributed by atoms with Gasteiger partial charge >= 0.3 is 18.3 Å². The first-order valence-electron chi connectivity index (χ1n) is 7.65. The van der Waals surface area contributed by atoms with E-state index in [1.807, 2.05) is 0 Å². The van der Waals surface area contributed by atoms with Crippen molar-refractivity contribution in [2.24, 2.45) is 5.92 Å². The minimum atomic E-state index is -4.90. The Morgan fingerprint density at radius 2 is 1.64 bits per heavy atom. The fraction of sp³-hybridized carbons (Fsp3) is 0.562. The molecule has 0 bridgehead atoms. The topological polar surface area (TPSA) is 40.5 Å². The molecule has 0 spiro atoms. The molecule has 1 aromatic rings. The third-order valence-electron chi connectivity index (χ3n) is 4.47. The van der Waals surface area contributed by atoms with Gasteiger partial charge in [0.05, 0.1) is 17.0 Å². The van der Waals surface area contributed by atoms with E-state index < -0.39 is 41.4 Å². The zero-order chi connectivity index (χ0) is 19.0. The van der Waals surface area contributed by atoms with E-state index in [0.717, 1.165) is 0 Å². The molecule has 0 aliphatic carbocycles. The van der Waals surface area contributed by atoms with Gasteiger partial charge in [-0.05, 0) is 50.1 Å².